The second-order valence-corrected chi connectivity index (χ2v) is 6.64. The van der Waals surface area contributed by atoms with Gasteiger partial charge in [-0.25, -0.2) is 4.68 Å². The van der Waals surface area contributed by atoms with Gasteiger partial charge in [0.25, 0.3) is 5.56 Å². The molecule has 1 aliphatic heterocycles. The van der Waals surface area contributed by atoms with Crippen LogP contribution in [0, 0.1) is 0 Å². The first kappa shape index (κ1) is 14.0. The molecule has 22 heavy (non-hydrogen) atoms. The molecule has 2 aromatic rings. The molecule has 3 heterocycles. The number of fused-ring (bicyclic) bond motifs is 3. The summed E-state index contributed by atoms with van der Waals surface area (Å²) >= 11 is 0. The second-order valence-electron chi connectivity index (χ2n) is 6.64. The van der Waals surface area contributed by atoms with Crippen LogP contribution in [-0.2, 0) is 19.4 Å². The Hall–Kier alpha value is -1.62. The van der Waals surface area contributed by atoms with E-state index in [-0.39, 0.29) is 11.7 Å². The van der Waals surface area contributed by atoms with Crippen molar-refractivity contribution in [3.8, 4) is 0 Å². The molecular weight excluding hydrogens is 276 g/mol. The van der Waals surface area contributed by atoms with Gasteiger partial charge >= 0.3 is 0 Å². The number of hydrogen-bond donors (Lipinski definition) is 0. The third-order valence-electron chi connectivity index (χ3n) is 5.39. The van der Waals surface area contributed by atoms with Crippen LogP contribution in [0.15, 0.2) is 11.0 Å². The second kappa shape index (κ2) is 5.23. The molecule has 2 aliphatic rings. The minimum Gasteiger partial charge on any atom is -0.286 e. The van der Waals surface area contributed by atoms with Gasteiger partial charge in [0.1, 0.15) is 5.65 Å². The Kier molecular flexibility index (Phi) is 3.33. The fourth-order valence-electron chi connectivity index (χ4n) is 4.25. The molecule has 0 bridgehead atoms. The minimum atomic E-state index is 0.184. The number of nitrogens with zero attached hydrogens (tertiary/aromatic N) is 4. The van der Waals surface area contributed by atoms with Crippen molar-refractivity contribution in [2.24, 2.45) is 0 Å². The molecule has 0 radical (unpaired) electrons. The summed E-state index contributed by atoms with van der Waals surface area (Å²) in [6.07, 6.45) is 8.65. The monoisotopic (exact) mass is 300 g/mol. The van der Waals surface area contributed by atoms with Crippen LogP contribution in [0.4, 0.5) is 0 Å². The van der Waals surface area contributed by atoms with Gasteiger partial charge in [-0.3, -0.25) is 14.3 Å². The smallest absolute Gasteiger partial charge is 0.257 e. The summed E-state index contributed by atoms with van der Waals surface area (Å²) < 4.78 is 4.04. The van der Waals surface area contributed by atoms with Gasteiger partial charge in [-0.05, 0) is 64.6 Å². The molecule has 0 spiro atoms. The molecule has 0 N–H and O–H groups in total. The third kappa shape index (κ3) is 1.88. The molecule has 0 saturated carbocycles. The summed E-state index contributed by atoms with van der Waals surface area (Å²) in [6, 6.07) is 0. The summed E-state index contributed by atoms with van der Waals surface area (Å²) in [5.74, 6) is 0. The number of aromatic nitrogens is 3. The quantitative estimate of drug-likeness (QED) is 0.855. The molecular formula is C17H24N4O. The Balaban J connectivity index is 2.07. The van der Waals surface area contributed by atoms with Gasteiger partial charge in [-0.15, -0.1) is 0 Å². The Morgan fingerprint density at radius 1 is 1.23 bits per heavy atom. The first-order chi connectivity index (χ1) is 10.7. The van der Waals surface area contributed by atoms with Crippen LogP contribution in [0.1, 0.15) is 49.9 Å². The summed E-state index contributed by atoms with van der Waals surface area (Å²) in [7, 11) is 2.13. The molecule has 118 valence electrons. The van der Waals surface area contributed by atoms with Crippen molar-refractivity contribution in [1.82, 2.24) is 19.2 Å². The standard InChI is InChI=1S/C17H24N4O/c1-3-20-16-14(11-18-20)12-7-4-5-8-13(12)17(22)21(16)15-9-6-10-19(15)2/h11,15H,3-10H2,1-2H3. The van der Waals surface area contributed by atoms with E-state index in [2.05, 4.69) is 24.0 Å². The predicted octanol–water partition coefficient (Wildman–Crippen LogP) is 2.32. The fourth-order valence-corrected chi connectivity index (χ4v) is 4.25. The van der Waals surface area contributed by atoms with E-state index in [0.29, 0.717) is 0 Å². The van der Waals surface area contributed by atoms with E-state index in [4.69, 9.17) is 0 Å². The van der Waals surface area contributed by atoms with Gasteiger partial charge < -0.3 is 0 Å². The number of pyridine rings is 1. The lowest BCUT2D eigenvalue weighted by molar-refractivity contribution is 0.236. The Labute approximate surface area is 130 Å². The first-order valence-corrected chi connectivity index (χ1v) is 8.54. The van der Waals surface area contributed by atoms with Gasteiger partial charge in [0, 0.05) is 17.5 Å². The maximum absolute atomic E-state index is 13.2. The molecule has 5 nitrogen and oxygen atoms in total. The van der Waals surface area contributed by atoms with Crippen LogP contribution in [0.3, 0.4) is 0 Å². The minimum absolute atomic E-state index is 0.184. The van der Waals surface area contributed by atoms with E-state index in [9.17, 15) is 4.79 Å². The number of hydrogen-bond acceptors (Lipinski definition) is 3. The molecule has 4 rings (SSSR count). The van der Waals surface area contributed by atoms with Crippen LogP contribution in [-0.4, -0.2) is 32.8 Å². The van der Waals surface area contributed by atoms with Gasteiger partial charge in [0.2, 0.25) is 0 Å². The molecule has 5 heteroatoms. The normalized spacial score (nSPS) is 22.4. The zero-order valence-electron chi connectivity index (χ0n) is 13.5. The van der Waals surface area contributed by atoms with Crippen LogP contribution in [0.5, 0.6) is 0 Å². The lowest BCUT2D eigenvalue weighted by atomic mass is 9.91. The van der Waals surface area contributed by atoms with E-state index in [0.717, 1.165) is 56.4 Å². The highest BCUT2D eigenvalue weighted by Crippen LogP contribution is 2.31. The van der Waals surface area contributed by atoms with Crippen molar-refractivity contribution in [2.45, 2.75) is 58.2 Å². The van der Waals surface area contributed by atoms with Crippen LogP contribution >= 0.6 is 0 Å². The summed E-state index contributed by atoms with van der Waals surface area (Å²) in [5, 5.41) is 5.76. The van der Waals surface area contributed by atoms with Crippen LogP contribution < -0.4 is 5.56 Å². The molecule has 0 amide bonds. The predicted molar refractivity (Wildman–Crippen MR) is 87.2 cm³/mol. The largest absolute Gasteiger partial charge is 0.286 e. The fraction of sp³-hybridized carbons (Fsp3) is 0.647. The summed E-state index contributed by atoms with van der Waals surface area (Å²) in [5.41, 5.74) is 3.58. The average molecular weight is 300 g/mol. The molecule has 1 saturated heterocycles. The lowest BCUT2D eigenvalue weighted by Gasteiger charge is -2.26. The van der Waals surface area contributed by atoms with Crippen molar-refractivity contribution in [3.63, 3.8) is 0 Å². The van der Waals surface area contributed by atoms with E-state index in [1.807, 2.05) is 15.4 Å². The van der Waals surface area contributed by atoms with Crippen molar-refractivity contribution >= 4 is 11.0 Å². The number of rotatable bonds is 2. The molecule has 1 fully saturated rings. The highest BCUT2D eigenvalue weighted by molar-refractivity contribution is 5.81. The van der Waals surface area contributed by atoms with Crippen LogP contribution in [0.25, 0.3) is 11.0 Å². The molecule has 2 aromatic heterocycles. The van der Waals surface area contributed by atoms with E-state index < -0.39 is 0 Å². The summed E-state index contributed by atoms with van der Waals surface area (Å²) in [6.45, 7) is 3.97. The first-order valence-electron chi connectivity index (χ1n) is 8.54. The van der Waals surface area contributed by atoms with E-state index >= 15 is 0 Å². The number of likely N-dealkylation sites (tertiary alicyclic amines) is 1. The third-order valence-corrected chi connectivity index (χ3v) is 5.39. The number of aryl methyl sites for hydroxylation is 2. The summed E-state index contributed by atoms with van der Waals surface area (Å²) in [4.78, 5) is 15.5. The zero-order chi connectivity index (χ0) is 15.3. The maximum Gasteiger partial charge on any atom is 0.257 e. The van der Waals surface area contributed by atoms with Gasteiger partial charge in [-0.1, -0.05) is 0 Å². The molecule has 1 atom stereocenters. The van der Waals surface area contributed by atoms with Gasteiger partial charge in [0.15, 0.2) is 0 Å². The highest BCUT2D eigenvalue weighted by Gasteiger charge is 2.29. The highest BCUT2D eigenvalue weighted by atomic mass is 16.1. The Morgan fingerprint density at radius 2 is 2.00 bits per heavy atom. The molecule has 1 unspecified atom stereocenters. The Bertz CT molecular complexity index is 773. The van der Waals surface area contributed by atoms with Gasteiger partial charge in [0.05, 0.1) is 12.4 Å². The average Bonchev–Trinajstić information content (AvgIpc) is 3.15. The zero-order valence-corrected chi connectivity index (χ0v) is 13.5. The van der Waals surface area contributed by atoms with Crippen LogP contribution in [0.2, 0.25) is 0 Å². The van der Waals surface area contributed by atoms with Crippen molar-refractivity contribution in [1.29, 1.82) is 0 Å². The molecule has 0 aromatic carbocycles. The lowest BCUT2D eigenvalue weighted by Crippen LogP contribution is -2.36. The van der Waals surface area contributed by atoms with Crippen molar-refractivity contribution in [3.05, 3.63) is 27.7 Å². The topological polar surface area (TPSA) is 43.1 Å². The SMILES string of the molecule is CCn1ncc2c3c(c(=O)n(C4CCCN4C)c21)CCCC3. The Morgan fingerprint density at radius 3 is 2.68 bits per heavy atom. The van der Waals surface area contributed by atoms with E-state index in [1.165, 1.54) is 17.4 Å². The van der Waals surface area contributed by atoms with Crippen molar-refractivity contribution in [2.75, 3.05) is 13.6 Å². The van der Waals surface area contributed by atoms with E-state index in [1.54, 1.807) is 0 Å². The molecule has 1 aliphatic carbocycles. The maximum atomic E-state index is 13.2. The van der Waals surface area contributed by atoms with Crippen molar-refractivity contribution < 1.29 is 0 Å². The van der Waals surface area contributed by atoms with Gasteiger partial charge in [-0.2, -0.15) is 5.10 Å².